The molecule has 1 aliphatic heterocycles. The number of carbonyl (C=O) groups excluding carboxylic acids is 1. The molecular weight excluding hydrogens is 221 g/mol. The van der Waals surface area contributed by atoms with Crippen molar-refractivity contribution in [2.24, 2.45) is 0 Å². The summed E-state index contributed by atoms with van der Waals surface area (Å²) in [5, 5.41) is 3.72. The first-order chi connectivity index (χ1) is 6.44. The Morgan fingerprint density at radius 2 is 1.93 bits per heavy atom. The molecule has 0 saturated heterocycles. The van der Waals surface area contributed by atoms with Crippen LogP contribution in [0.15, 0.2) is 12.1 Å². The largest absolute Gasteiger partial charge is 0.325 e. The zero-order valence-corrected chi connectivity index (χ0v) is 9.33. The molecule has 2 rings (SSSR count). The molecule has 74 valence electrons. The van der Waals surface area contributed by atoms with E-state index in [1.807, 2.05) is 13.8 Å². The number of rotatable bonds is 0. The van der Waals surface area contributed by atoms with Crippen LogP contribution in [0.3, 0.4) is 0 Å². The summed E-state index contributed by atoms with van der Waals surface area (Å²) < 4.78 is 0. The van der Waals surface area contributed by atoms with Crippen molar-refractivity contribution in [3.63, 3.8) is 0 Å². The van der Waals surface area contributed by atoms with Gasteiger partial charge in [-0.05, 0) is 26.0 Å². The molecule has 1 amide bonds. The molecule has 4 heteroatoms. The lowest BCUT2D eigenvalue weighted by atomic mass is 9.86. The van der Waals surface area contributed by atoms with Gasteiger partial charge in [-0.1, -0.05) is 23.2 Å². The van der Waals surface area contributed by atoms with Gasteiger partial charge in [0.2, 0.25) is 5.91 Å². The van der Waals surface area contributed by atoms with Crippen LogP contribution in [-0.2, 0) is 10.2 Å². The van der Waals surface area contributed by atoms with Gasteiger partial charge >= 0.3 is 0 Å². The highest BCUT2D eigenvalue weighted by Crippen LogP contribution is 2.44. The SMILES string of the molecule is CC1(C)C(=O)Nc2ccc(Cl)c(Cl)c21. The van der Waals surface area contributed by atoms with Crippen LogP contribution in [0.5, 0.6) is 0 Å². The maximum atomic E-state index is 11.6. The predicted octanol–water partition coefficient (Wildman–Crippen LogP) is 3.22. The summed E-state index contributed by atoms with van der Waals surface area (Å²) in [4.78, 5) is 11.6. The van der Waals surface area contributed by atoms with Gasteiger partial charge in [-0.15, -0.1) is 0 Å². The van der Waals surface area contributed by atoms with Crippen LogP contribution in [-0.4, -0.2) is 5.91 Å². The summed E-state index contributed by atoms with van der Waals surface area (Å²) in [6.45, 7) is 3.66. The third kappa shape index (κ3) is 1.14. The molecule has 0 atom stereocenters. The predicted molar refractivity (Wildman–Crippen MR) is 58.1 cm³/mol. The highest BCUT2D eigenvalue weighted by atomic mass is 35.5. The van der Waals surface area contributed by atoms with Crippen LogP contribution in [0, 0.1) is 0 Å². The first-order valence-electron chi connectivity index (χ1n) is 4.24. The minimum absolute atomic E-state index is 0.0448. The summed E-state index contributed by atoms with van der Waals surface area (Å²) in [7, 11) is 0. The number of hydrogen-bond donors (Lipinski definition) is 1. The Morgan fingerprint density at radius 1 is 1.29 bits per heavy atom. The van der Waals surface area contributed by atoms with E-state index in [9.17, 15) is 4.79 Å². The lowest BCUT2D eigenvalue weighted by Crippen LogP contribution is -2.27. The normalized spacial score (nSPS) is 17.9. The molecule has 0 aromatic heterocycles. The fourth-order valence-corrected chi connectivity index (χ4v) is 2.22. The van der Waals surface area contributed by atoms with Gasteiger partial charge in [0.25, 0.3) is 0 Å². The van der Waals surface area contributed by atoms with Crippen LogP contribution in [0.2, 0.25) is 10.0 Å². The van der Waals surface area contributed by atoms with E-state index in [1.165, 1.54) is 0 Å². The molecular formula is C10H9Cl2NO. The minimum atomic E-state index is -0.600. The number of hydrogen-bond acceptors (Lipinski definition) is 1. The van der Waals surface area contributed by atoms with Crippen LogP contribution >= 0.6 is 23.2 Å². The van der Waals surface area contributed by atoms with Crippen LogP contribution < -0.4 is 5.32 Å². The average Bonchev–Trinajstić information content (AvgIpc) is 2.32. The summed E-state index contributed by atoms with van der Waals surface area (Å²) in [5.41, 5.74) is 0.947. The van der Waals surface area contributed by atoms with Gasteiger partial charge in [0.05, 0.1) is 15.5 Å². The molecule has 0 unspecified atom stereocenters. The number of anilines is 1. The number of nitrogens with one attached hydrogen (secondary N) is 1. The van der Waals surface area contributed by atoms with Gasteiger partial charge in [0.15, 0.2) is 0 Å². The Balaban J connectivity index is 2.74. The summed E-state index contributed by atoms with van der Waals surface area (Å²) in [6, 6.07) is 3.46. The van der Waals surface area contributed by atoms with E-state index >= 15 is 0 Å². The van der Waals surface area contributed by atoms with Crippen LogP contribution in [0.4, 0.5) is 5.69 Å². The van der Waals surface area contributed by atoms with E-state index in [0.29, 0.717) is 10.0 Å². The lowest BCUT2D eigenvalue weighted by Gasteiger charge is -2.16. The molecule has 0 spiro atoms. The third-order valence-electron chi connectivity index (χ3n) is 2.54. The van der Waals surface area contributed by atoms with Crippen molar-refractivity contribution in [2.45, 2.75) is 19.3 Å². The van der Waals surface area contributed by atoms with Crippen LogP contribution in [0.1, 0.15) is 19.4 Å². The maximum absolute atomic E-state index is 11.6. The van der Waals surface area contributed by atoms with Crippen LogP contribution in [0.25, 0.3) is 0 Å². The quantitative estimate of drug-likeness (QED) is 0.728. The monoisotopic (exact) mass is 229 g/mol. The first kappa shape index (κ1) is 9.81. The number of fused-ring (bicyclic) bond motifs is 1. The van der Waals surface area contributed by atoms with Gasteiger partial charge in [-0.3, -0.25) is 4.79 Å². The van der Waals surface area contributed by atoms with Gasteiger partial charge in [-0.25, -0.2) is 0 Å². The van der Waals surface area contributed by atoms with E-state index in [0.717, 1.165) is 11.3 Å². The van der Waals surface area contributed by atoms with Gasteiger partial charge < -0.3 is 5.32 Å². The molecule has 1 heterocycles. The Bertz CT molecular complexity index is 426. The zero-order chi connectivity index (χ0) is 10.5. The van der Waals surface area contributed by atoms with Gasteiger partial charge in [-0.2, -0.15) is 0 Å². The molecule has 0 bridgehead atoms. The zero-order valence-electron chi connectivity index (χ0n) is 7.82. The summed E-state index contributed by atoms with van der Waals surface area (Å²) >= 11 is 12.0. The van der Waals surface area contributed by atoms with Crippen molar-refractivity contribution < 1.29 is 4.79 Å². The third-order valence-corrected chi connectivity index (χ3v) is 3.34. The smallest absolute Gasteiger partial charge is 0.234 e. The number of halogens is 2. The standard InChI is InChI=1S/C10H9Cl2NO/c1-10(2)7-6(13-9(10)14)4-3-5(11)8(7)12/h3-4H,1-2H3,(H,13,14). The maximum Gasteiger partial charge on any atom is 0.234 e. The Morgan fingerprint density at radius 3 is 2.57 bits per heavy atom. The van der Waals surface area contributed by atoms with Crippen molar-refractivity contribution in [3.05, 3.63) is 27.7 Å². The fourth-order valence-electron chi connectivity index (χ4n) is 1.66. The molecule has 2 nitrogen and oxygen atoms in total. The molecule has 0 saturated carbocycles. The van der Waals surface area contributed by atoms with Crippen molar-refractivity contribution in [2.75, 3.05) is 5.32 Å². The Labute approximate surface area is 92.2 Å². The van der Waals surface area contributed by atoms with Crippen molar-refractivity contribution >= 4 is 34.8 Å². The van der Waals surface area contributed by atoms with E-state index in [4.69, 9.17) is 23.2 Å². The second kappa shape index (κ2) is 2.88. The molecule has 0 aliphatic carbocycles. The second-order valence-electron chi connectivity index (χ2n) is 3.86. The van der Waals surface area contributed by atoms with E-state index in [-0.39, 0.29) is 5.91 Å². The average molecular weight is 230 g/mol. The number of benzene rings is 1. The highest BCUT2D eigenvalue weighted by Gasteiger charge is 2.40. The summed E-state index contributed by atoms with van der Waals surface area (Å²) in [5.74, 6) is -0.0448. The fraction of sp³-hybridized carbons (Fsp3) is 0.300. The first-order valence-corrected chi connectivity index (χ1v) is 5.00. The topological polar surface area (TPSA) is 29.1 Å². The highest BCUT2D eigenvalue weighted by molar-refractivity contribution is 6.43. The van der Waals surface area contributed by atoms with Crippen molar-refractivity contribution in [1.82, 2.24) is 0 Å². The lowest BCUT2D eigenvalue weighted by molar-refractivity contribution is -0.119. The molecule has 14 heavy (non-hydrogen) atoms. The van der Waals surface area contributed by atoms with E-state index in [1.54, 1.807) is 12.1 Å². The number of carbonyl (C=O) groups is 1. The Hall–Kier alpha value is -0.730. The molecule has 1 N–H and O–H groups in total. The molecule has 1 aliphatic rings. The Kier molecular flexibility index (Phi) is 2.02. The molecule has 0 radical (unpaired) electrons. The summed E-state index contributed by atoms with van der Waals surface area (Å²) in [6.07, 6.45) is 0. The van der Waals surface area contributed by atoms with Gasteiger partial charge in [0, 0.05) is 11.3 Å². The van der Waals surface area contributed by atoms with Crippen molar-refractivity contribution in [3.8, 4) is 0 Å². The molecule has 1 aromatic carbocycles. The van der Waals surface area contributed by atoms with Crippen molar-refractivity contribution in [1.29, 1.82) is 0 Å². The molecule has 1 aromatic rings. The van der Waals surface area contributed by atoms with Gasteiger partial charge in [0.1, 0.15) is 0 Å². The second-order valence-corrected chi connectivity index (χ2v) is 4.65. The van der Waals surface area contributed by atoms with E-state index in [2.05, 4.69) is 5.32 Å². The minimum Gasteiger partial charge on any atom is -0.325 e. The molecule has 0 fully saturated rings. The number of amides is 1. The van der Waals surface area contributed by atoms with E-state index < -0.39 is 5.41 Å².